The highest BCUT2D eigenvalue weighted by atomic mass is 16.7. The smallest absolute Gasteiger partial charge is 0.189 e. The van der Waals surface area contributed by atoms with Gasteiger partial charge in [0.25, 0.3) is 0 Å². The van der Waals surface area contributed by atoms with E-state index in [2.05, 4.69) is 0 Å². The summed E-state index contributed by atoms with van der Waals surface area (Å²) >= 11 is 0. The van der Waals surface area contributed by atoms with Crippen LogP contribution in [0.4, 0.5) is 5.69 Å². The highest BCUT2D eigenvalue weighted by Gasteiger charge is 2.16. The van der Waals surface area contributed by atoms with Crippen LogP contribution in [0.5, 0.6) is 11.5 Å². The first-order chi connectivity index (χ1) is 9.72. The first-order valence-corrected chi connectivity index (χ1v) is 6.53. The van der Waals surface area contributed by atoms with Crippen LogP contribution in [0, 0.1) is 6.92 Å². The van der Waals surface area contributed by atoms with Gasteiger partial charge < -0.3 is 19.9 Å². The molecule has 0 spiro atoms. The van der Waals surface area contributed by atoms with Crippen LogP contribution in [0.2, 0.25) is 0 Å². The number of ether oxygens (including phenoxy) is 3. The molecule has 0 unspecified atom stereocenters. The zero-order valence-corrected chi connectivity index (χ0v) is 11.4. The summed E-state index contributed by atoms with van der Waals surface area (Å²) in [6.07, 6.45) is 0. The Bertz CT molecular complexity index is 608. The SMILES string of the molecule is Cc1ccc(OCc2cc(N)cc3c2OCOC3)cc1. The summed E-state index contributed by atoms with van der Waals surface area (Å²) < 4.78 is 16.6. The van der Waals surface area contributed by atoms with Crippen molar-refractivity contribution in [2.75, 3.05) is 12.5 Å². The molecular weight excluding hydrogens is 254 g/mol. The zero-order valence-electron chi connectivity index (χ0n) is 11.4. The van der Waals surface area contributed by atoms with E-state index >= 15 is 0 Å². The first-order valence-electron chi connectivity index (χ1n) is 6.53. The number of nitrogen functional groups attached to an aromatic ring is 1. The maximum absolute atomic E-state index is 5.90. The summed E-state index contributed by atoms with van der Waals surface area (Å²) in [6.45, 7) is 3.27. The highest BCUT2D eigenvalue weighted by Crippen LogP contribution is 2.31. The molecule has 0 amide bonds. The number of hydrogen-bond acceptors (Lipinski definition) is 4. The summed E-state index contributed by atoms with van der Waals surface area (Å²) in [4.78, 5) is 0. The first kappa shape index (κ1) is 12.8. The predicted molar refractivity (Wildman–Crippen MR) is 76.6 cm³/mol. The van der Waals surface area contributed by atoms with Crippen molar-refractivity contribution in [2.24, 2.45) is 0 Å². The Labute approximate surface area is 118 Å². The maximum Gasteiger partial charge on any atom is 0.189 e. The van der Waals surface area contributed by atoms with Crippen molar-refractivity contribution < 1.29 is 14.2 Å². The van der Waals surface area contributed by atoms with Crippen molar-refractivity contribution >= 4 is 5.69 Å². The average molecular weight is 271 g/mol. The minimum atomic E-state index is 0.272. The molecule has 0 saturated carbocycles. The molecule has 1 aliphatic heterocycles. The Kier molecular flexibility index (Phi) is 3.48. The fourth-order valence-electron chi connectivity index (χ4n) is 2.23. The molecule has 1 aliphatic rings. The van der Waals surface area contributed by atoms with E-state index in [0.717, 1.165) is 22.6 Å². The molecule has 2 N–H and O–H groups in total. The van der Waals surface area contributed by atoms with E-state index in [1.54, 1.807) is 0 Å². The molecular formula is C16H17NO3. The van der Waals surface area contributed by atoms with Gasteiger partial charge in [0, 0.05) is 16.8 Å². The van der Waals surface area contributed by atoms with Gasteiger partial charge in [-0.3, -0.25) is 0 Å². The molecule has 0 radical (unpaired) electrons. The molecule has 0 saturated heterocycles. The Balaban J connectivity index is 1.80. The van der Waals surface area contributed by atoms with E-state index in [1.807, 2.05) is 43.3 Å². The van der Waals surface area contributed by atoms with E-state index in [0.29, 0.717) is 18.9 Å². The maximum atomic E-state index is 5.90. The Hall–Kier alpha value is -2.20. The topological polar surface area (TPSA) is 53.7 Å². The van der Waals surface area contributed by atoms with E-state index in [-0.39, 0.29) is 6.79 Å². The van der Waals surface area contributed by atoms with Crippen molar-refractivity contribution in [3.63, 3.8) is 0 Å². The second-order valence-corrected chi connectivity index (χ2v) is 4.88. The third kappa shape index (κ3) is 2.70. The Morgan fingerprint density at radius 1 is 1.20 bits per heavy atom. The van der Waals surface area contributed by atoms with Gasteiger partial charge in [0.1, 0.15) is 18.1 Å². The molecule has 20 heavy (non-hydrogen) atoms. The van der Waals surface area contributed by atoms with Crippen LogP contribution < -0.4 is 15.2 Å². The van der Waals surface area contributed by atoms with Gasteiger partial charge in [-0.15, -0.1) is 0 Å². The van der Waals surface area contributed by atoms with Crippen LogP contribution in [-0.4, -0.2) is 6.79 Å². The fraction of sp³-hybridized carbons (Fsp3) is 0.250. The van der Waals surface area contributed by atoms with Crippen LogP contribution in [-0.2, 0) is 18.0 Å². The van der Waals surface area contributed by atoms with E-state index in [4.69, 9.17) is 19.9 Å². The lowest BCUT2D eigenvalue weighted by atomic mass is 10.1. The third-order valence-corrected chi connectivity index (χ3v) is 3.22. The molecule has 0 fully saturated rings. The minimum Gasteiger partial charge on any atom is -0.489 e. The van der Waals surface area contributed by atoms with Gasteiger partial charge in [0.05, 0.1) is 6.61 Å². The summed E-state index contributed by atoms with van der Waals surface area (Å²) in [5.74, 6) is 1.66. The van der Waals surface area contributed by atoms with E-state index < -0.39 is 0 Å². The number of rotatable bonds is 3. The molecule has 0 aliphatic carbocycles. The van der Waals surface area contributed by atoms with Gasteiger partial charge in [0.2, 0.25) is 0 Å². The molecule has 2 aromatic carbocycles. The minimum absolute atomic E-state index is 0.272. The van der Waals surface area contributed by atoms with Gasteiger partial charge in [-0.05, 0) is 31.2 Å². The lowest BCUT2D eigenvalue weighted by Crippen LogP contribution is -2.14. The monoisotopic (exact) mass is 271 g/mol. The van der Waals surface area contributed by atoms with Gasteiger partial charge in [-0.1, -0.05) is 17.7 Å². The molecule has 104 valence electrons. The Morgan fingerprint density at radius 3 is 2.80 bits per heavy atom. The third-order valence-electron chi connectivity index (χ3n) is 3.22. The lowest BCUT2D eigenvalue weighted by Gasteiger charge is -2.21. The second-order valence-electron chi connectivity index (χ2n) is 4.88. The molecule has 4 nitrogen and oxygen atoms in total. The van der Waals surface area contributed by atoms with Gasteiger partial charge >= 0.3 is 0 Å². The van der Waals surface area contributed by atoms with Gasteiger partial charge in [-0.25, -0.2) is 0 Å². The number of aryl methyl sites for hydroxylation is 1. The Morgan fingerprint density at radius 2 is 2.00 bits per heavy atom. The predicted octanol–water partition coefficient (Wildman–Crippen LogP) is 3.02. The number of benzene rings is 2. The molecule has 0 bridgehead atoms. The van der Waals surface area contributed by atoms with Gasteiger partial charge in [0.15, 0.2) is 6.79 Å². The number of fused-ring (bicyclic) bond motifs is 1. The number of anilines is 1. The summed E-state index contributed by atoms with van der Waals surface area (Å²) in [6, 6.07) is 11.7. The fourth-order valence-corrected chi connectivity index (χ4v) is 2.23. The molecule has 1 heterocycles. The van der Waals surface area contributed by atoms with E-state index in [9.17, 15) is 0 Å². The van der Waals surface area contributed by atoms with Crippen molar-refractivity contribution in [1.82, 2.24) is 0 Å². The molecule has 2 aromatic rings. The van der Waals surface area contributed by atoms with Crippen molar-refractivity contribution in [1.29, 1.82) is 0 Å². The van der Waals surface area contributed by atoms with Crippen molar-refractivity contribution in [3.8, 4) is 11.5 Å². The van der Waals surface area contributed by atoms with Crippen LogP contribution >= 0.6 is 0 Å². The quantitative estimate of drug-likeness (QED) is 0.872. The normalized spacial score (nSPS) is 13.4. The standard InChI is InChI=1S/C16H17NO3/c1-11-2-4-15(5-3-11)19-9-13-7-14(17)6-12-8-18-10-20-16(12)13/h2-7H,8-10,17H2,1H3. The van der Waals surface area contributed by atoms with E-state index in [1.165, 1.54) is 5.56 Å². The van der Waals surface area contributed by atoms with Crippen LogP contribution in [0.3, 0.4) is 0 Å². The summed E-state index contributed by atoms with van der Waals surface area (Å²) in [7, 11) is 0. The number of nitrogens with two attached hydrogens (primary N) is 1. The van der Waals surface area contributed by atoms with Crippen LogP contribution in [0.1, 0.15) is 16.7 Å². The molecule has 0 atom stereocenters. The van der Waals surface area contributed by atoms with Crippen LogP contribution in [0.15, 0.2) is 36.4 Å². The molecule has 0 aromatic heterocycles. The molecule has 4 heteroatoms. The van der Waals surface area contributed by atoms with Crippen molar-refractivity contribution in [3.05, 3.63) is 53.1 Å². The summed E-state index contributed by atoms with van der Waals surface area (Å²) in [5.41, 5.74) is 9.73. The largest absolute Gasteiger partial charge is 0.489 e. The van der Waals surface area contributed by atoms with Gasteiger partial charge in [-0.2, -0.15) is 0 Å². The summed E-state index contributed by atoms with van der Waals surface area (Å²) in [5, 5.41) is 0. The highest BCUT2D eigenvalue weighted by molar-refractivity contribution is 5.53. The second kappa shape index (κ2) is 5.43. The number of hydrogen-bond donors (Lipinski definition) is 1. The van der Waals surface area contributed by atoms with Crippen molar-refractivity contribution in [2.45, 2.75) is 20.1 Å². The average Bonchev–Trinajstić information content (AvgIpc) is 2.46. The lowest BCUT2D eigenvalue weighted by molar-refractivity contribution is -0.0175. The zero-order chi connectivity index (χ0) is 13.9. The molecule has 3 rings (SSSR count). The van der Waals surface area contributed by atoms with Crippen LogP contribution in [0.25, 0.3) is 0 Å².